The van der Waals surface area contributed by atoms with Crippen molar-refractivity contribution in [1.29, 1.82) is 0 Å². The number of aliphatic hydroxyl groups excluding tert-OH is 1. The van der Waals surface area contributed by atoms with Gasteiger partial charge in [-0.05, 0) is 49.4 Å². The second-order valence-corrected chi connectivity index (χ2v) is 30.9. The van der Waals surface area contributed by atoms with Crippen molar-refractivity contribution < 1.29 is 80.2 Å². The first-order valence-corrected chi connectivity index (χ1v) is 40.7. The molecule has 0 amide bonds. The monoisotopic (exact) mass is 1350 g/mol. The average molecular weight is 1350 g/mol. The number of carbonyl (C=O) groups is 4. The summed E-state index contributed by atoms with van der Waals surface area (Å²) < 4.78 is 68.4. The standard InChI is InChI=1S/C73H142O17P2/c1-9-66(8)52-44-36-28-22-23-29-37-45-53-70(75)83-59-68(89-72(77)55-47-39-30-20-16-12-10-11-14-18-25-33-41-49-63(2)3)61-87-91(79,80)85-57-67(74)58-86-92(81,82)88-62-69(60-84-71(76)54-46-38-32-24-27-35-43-51-65(6)7)90-73(78)56-48-40-31-21-17-13-15-19-26-34-42-50-64(4)5/h63-69,74H,9-62H2,1-8H3,(H,79,80)(H,81,82)/t66?,67?,68-,69-/m1/s1. The summed E-state index contributed by atoms with van der Waals surface area (Å²) in [6, 6.07) is 0. The first kappa shape index (κ1) is 90.1. The Morgan fingerprint density at radius 1 is 0.304 bits per heavy atom. The molecule has 0 spiro atoms. The molecule has 0 aliphatic rings. The molecule has 17 nitrogen and oxygen atoms in total. The minimum absolute atomic E-state index is 0.105. The van der Waals surface area contributed by atoms with E-state index < -0.39 is 97.5 Å². The van der Waals surface area contributed by atoms with Crippen molar-refractivity contribution in [2.45, 2.75) is 382 Å². The van der Waals surface area contributed by atoms with Crippen molar-refractivity contribution in [3.63, 3.8) is 0 Å². The van der Waals surface area contributed by atoms with Gasteiger partial charge in [-0.3, -0.25) is 37.3 Å². The van der Waals surface area contributed by atoms with E-state index in [0.29, 0.717) is 31.6 Å². The molecule has 4 unspecified atom stereocenters. The molecule has 0 aromatic rings. The first-order chi connectivity index (χ1) is 44.1. The molecule has 6 atom stereocenters. The van der Waals surface area contributed by atoms with Crippen molar-refractivity contribution >= 4 is 39.5 Å². The van der Waals surface area contributed by atoms with Gasteiger partial charge in [0.2, 0.25) is 0 Å². The molecule has 0 saturated carbocycles. The van der Waals surface area contributed by atoms with E-state index in [1.54, 1.807) is 0 Å². The lowest BCUT2D eigenvalue weighted by Crippen LogP contribution is -2.30. The normalized spacial score (nSPS) is 14.5. The van der Waals surface area contributed by atoms with Crippen molar-refractivity contribution in [3.05, 3.63) is 0 Å². The van der Waals surface area contributed by atoms with Crippen molar-refractivity contribution in [2.24, 2.45) is 23.7 Å². The maximum absolute atomic E-state index is 13.0. The minimum Gasteiger partial charge on any atom is -0.462 e. The Morgan fingerprint density at radius 2 is 0.522 bits per heavy atom. The number of hydrogen-bond acceptors (Lipinski definition) is 15. The smallest absolute Gasteiger partial charge is 0.462 e. The second kappa shape index (κ2) is 62.6. The minimum atomic E-state index is -4.96. The molecule has 0 aliphatic heterocycles. The van der Waals surface area contributed by atoms with E-state index in [0.717, 1.165) is 114 Å². The Balaban J connectivity index is 5.26. The fourth-order valence-corrected chi connectivity index (χ4v) is 12.6. The number of ether oxygens (including phenoxy) is 4. The number of carbonyl (C=O) groups excluding carboxylic acids is 4. The van der Waals surface area contributed by atoms with Crippen molar-refractivity contribution in [2.75, 3.05) is 39.6 Å². The molecule has 0 aromatic carbocycles. The van der Waals surface area contributed by atoms with Crippen LogP contribution in [0.3, 0.4) is 0 Å². The molecule has 0 fully saturated rings. The number of phosphoric ester groups is 2. The maximum Gasteiger partial charge on any atom is 0.472 e. The van der Waals surface area contributed by atoms with Gasteiger partial charge in [0.25, 0.3) is 0 Å². The predicted octanol–water partition coefficient (Wildman–Crippen LogP) is 20.9. The average Bonchev–Trinajstić information content (AvgIpc) is 2.03. The highest BCUT2D eigenvalue weighted by atomic mass is 31.2. The number of aliphatic hydroxyl groups is 1. The molecule has 19 heteroatoms. The fourth-order valence-electron chi connectivity index (χ4n) is 11.0. The summed E-state index contributed by atoms with van der Waals surface area (Å²) >= 11 is 0. The molecule has 0 heterocycles. The third-order valence-corrected chi connectivity index (χ3v) is 19.1. The largest absolute Gasteiger partial charge is 0.472 e. The molecule has 546 valence electrons. The van der Waals surface area contributed by atoms with Crippen molar-refractivity contribution in [3.8, 4) is 0 Å². The quantitative estimate of drug-likeness (QED) is 0.0222. The zero-order chi connectivity index (χ0) is 68.2. The van der Waals surface area contributed by atoms with Crippen LogP contribution in [-0.2, 0) is 65.4 Å². The zero-order valence-corrected chi connectivity index (χ0v) is 62.0. The van der Waals surface area contributed by atoms with E-state index in [-0.39, 0.29) is 25.7 Å². The summed E-state index contributed by atoms with van der Waals surface area (Å²) in [6.45, 7) is 14.1. The number of phosphoric acid groups is 2. The molecule has 0 saturated heterocycles. The lowest BCUT2D eigenvalue weighted by molar-refractivity contribution is -0.161. The van der Waals surface area contributed by atoms with Crippen LogP contribution in [0, 0.1) is 23.7 Å². The maximum atomic E-state index is 13.0. The van der Waals surface area contributed by atoms with Crippen LogP contribution in [-0.4, -0.2) is 96.7 Å². The van der Waals surface area contributed by atoms with Gasteiger partial charge >= 0.3 is 39.5 Å². The van der Waals surface area contributed by atoms with Gasteiger partial charge in [-0.15, -0.1) is 0 Å². The predicted molar refractivity (Wildman–Crippen MR) is 372 cm³/mol. The highest BCUT2D eigenvalue weighted by Gasteiger charge is 2.30. The molecule has 0 aromatic heterocycles. The Kier molecular flexibility index (Phi) is 61.3. The van der Waals surface area contributed by atoms with Gasteiger partial charge in [-0.1, -0.05) is 312 Å². The van der Waals surface area contributed by atoms with Gasteiger partial charge in [0.15, 0.2) is 12.2 Å². The summed E-state index contributed by atoms with van der Waals surface area (Å²) in [6.07, 6.45) is 45.8. The molecule has 0 aliphatic carbocycles. The van der Waals surface area contributed by atoms with Crippen molar-refractivity contribution in [1.82, 2.24) is 0 Å². The number of unbranched alkanes of at least 4 members (excludes halogenated alkanes) is 35. The lowest BCUT2D eigenvalue weighted by atomic mass is 9.99. The topological polar surface area (TPSA) is 237 Å². The molecule has 0 radical (unpaired) electrons. The number of hydrogen-bond donors (Lipinski definition) is 3. The van der Waals surface area contributed by atoms with Crippen LogP contribution < -0.4 is 0 Å². The zero-order valence-electron chi connectivity index (χ0n) is 60.2. The molecule has 92 heavy (non-hydrogen) atoms. The van der Waals surface area contributed by atoms with Crippen LogP contribution in [0.2, 0.25) is 0 Å². The highest BCUT2D eigenvalue weighted by molar-refractivity contribution is 7.47. The van der Waals surface area contributed by atoms with E-state index >= 15 is 0 Å². The van der Waals surface area contributed by atoms with Gasteiger partial charge in [-0.25, -0.2) is 9.13 Å². The van der Waals surface area contributed by atoms with E-state index in [1.807, 2.05) is 0 Å². The van der Waals surface area contributed by atoms with Crippen LogP contribution in [0.1, 0.15) is 364 Å². The van der Waals surface area contributed by atoms with E-state index in [9.17, 15) is 43.2 Å². The summed E-state index contributed by atoms with van der Waals surface area (Å²) in [5, 5.41) is 10.6. The molecule has 3 N–H and O–H groups in total. The Bertz CT molecular complexity index is 1820. The summed E-state index contributed by atoms with van der Waals surface area (Å²) in [5.74, 6) is 0.909. The van der Waals surface area contributed by atoms with Gasteiger partial charge in [0, 0.05) is 25.7 Å². The van der Waals surface area contributed by atoms with Crippen LogP contribution >= 0.6 is 15.6 Å². The van der Waals surface area contributed by atoms with E-state index in [2.05, 4.69) is 55.4 Å². The van der Waals surface area contributed by atoms with E-state index in [4.69, 9.17) is 37.0 Å². The second-order valence-electron chi connectivity index (χ2n) is 28.0. The summed E-state index contributed by atoms with van der Waals surface area (Å²) in [4.78, 5) is 72.7. The third-order valence-electron chi connectivity index (χ3n) is 17.2. The molecular weight excluding hydrogens is 1210 g/mol. The summed E-state index contributed by atoms with van der Waals surface area (Å²) in [7, 11) is -9.91. The van der Waals surface area contributed by atoms with Crippen LogP contribution in [0.5, 0.6) is 0 Å². The number of rotatable bonds is 70. The van der Waals surface area contributed by atoms with Gasteiger partial charge in [0.1, 0.15) is 19.3 Å². The SMILES string of the molecule is CCC(C)CCCCCCCCCCC(=O)OC[C@H](COP(=O)(O)OCC(O)COP(=O)(O)OC[C@@H](COC(=O)CCCCCCCCCC(C)C)OC(=O)CCCCCCCCCCCCCC(C)C)OC(=O)CCCCCCCCCCCCCCCC(C)C. The Hall–Kier alpha value is -1.94. The third kappa shape index (κ3) is 65.4. The number of esters is 4. The van der Waals surface area contributed by atoms with Gasteiger partial charge < -0.3 is 33.8 Å². The molecule has 0 bridgehead atoms. The molecule has 0 rings (SSSR count). The molecular formula is C73H142O17P2. The van der Waals surface area contributed by atoms with Crippen LogP contribution in [0.25, 0.3) is 0 Å². The Morgan fingerprint density at radius 3 is 0.772 bits per heavy atom. The lowest BCUT2D eigenvalue weighted by Gasteiger charge is -2.21. The van der Waals surface area contributed by atoms with E-state index in [1.165, 1.54) is 161 Å². The Labute approximate surface area is 562 Å². The first-order valence-electron chi connectivity index (χ1n) is 37.7. The fraction of sp³-hybridized carbons (Fsp3) is 0.945. The van der Waals surface area contributed by atoms with Crippen LogP contribution in [0.4, 0.5) is 0 Å². The summed E-state index contributed by atoms with van der Waals surface area (Å²) in [5.41, 5.74) is 0. The highest BCUT2D eigenvalue weighted by Crippen LogP contribution is 2.45. The van der Waals surface area contributed by atoms with Gasteiger partial charge in [-0.2, -0.15) is 0 Å². The van der Waals surface area contributed by atoms with Crippen LogP contribution in [0.15, 0.2) is 0 Å². The van der Waals surface area contributed by atoms with Gasteiger partial charge in [0.05, 0.1) is 26.4 Å².